The summed E-state index contributed by atoms with van der Waals surface area (Å²) in [5, 5.41) is 5.60. The average Bonchev–Trinajstić information content (AvgIpc) is 2.33. The first-order valence-corrected chi connectivity index (χ1v) is 5.99. The molecule has 1 rings (SSSR count). The summed E-state index contributed by atoms with van der Waals surface area (Å²) in [7, 11) is 1.60. The molecule has 1 aromatic rings. The first-order valence-electron chi connectivity index (χ1n) is 5.99. The van der Waals surface area contributed by atoms with Crippen molar-refractivity contribution in [3.63, 3.8) is 0 Å². The number of amides is 2. The van der Waals surface area contributed by atoms with E-state index in [-0.39, 0.29) is 12.1 Å². The first kappa shape index (κ1) is 14.5. The van der Waals surface area contributed by atoms with Crippen molar-refractivity contribution in [1.82, 2.24) is 5.32 Å². The van der Waals surface area contributed by atoms with Gasteiger partial charge in [-0.3, -0.25) is 0 Å². The molecule has 100 valence electrons. The third-order valence-corrected chi connectivity index (χ3v) is 2.53. The summed E-state index contributed by atoms with van der Waals surface area (Å²) in [6.45, 7) is 2.97. The highest BCUT2D eigenvalue weighted by Gasteiger charge is 2.11. The van der Waals surface area contributed by atoms with E-state index in [0.29, 0.717) is 19.6 Å². The zero-order chi connectivity index (χ0) is 13.4. The predicted molar refractivity (Wildman–Crippen MR) is 72.7 cm³/mol. The minimum atomic E-state index is -0.241. The van der Waals surface area contributed by atoms with E-state index in [0.717, 1.165) is 11.3 Å². The fourth-order valence-corrected chi connectivity index (χ4v) is 1.59. The number of rotatable bonds is 6. The van der Waals surface area contributed by atoms with Gasteiger partial charge in [0, 0.05) is 12.8 Å². The summed E-state index contributed by atoms with van der Waals surface area (Å²) >= 11 is 0. The van der Waals surface area contributed by atoms with Crippen molar-refractivity contribution < 1.29 is 9.53 Å². The van der Waals surface area contributed by atoms with E-state index in [1.54, 1.807) is 7.11 Å². The summed E-state index contributed by atoms with van der Waals surface area (Å²) in [4.78, 5) is 11.7. The number of hydrogen-bond donors (Lipinski definition) is 3. The van der Waals surface area contributed by atoms with Crippen LogP contribution in [0.5, 0.6) is 0 Å². The highest BCUT2D eigenvalue weighted by molar-refractivity contribution is 5.89. The van der Waals surface area contributed by atoms with E-state index in [2.05, 4.69) is 10.6 Å². The lowest BCUT2D eigenvalue weighted by Gasteiger charge is -2.17. The summed E-state index contributed by atoms with van der Waals surface area (Å²) in [5.41, 5.74) is 7.40. The molecule has 0 aromatic heterocycles. The molecule has 5 nitrogen and oxygen atoms in total. The number of ether oxygens (including phenoxy) is 1. The Hall–Kier alpha value is -1.59. The van der Waals surface area contributed by atoms with Crippen molar-refractivity contribution in [2.75, 3.05) is 25.6 Å². The summed E-state index contributed by atoms with van der Waals surface area (Å²) in [5.74, 6) is 0. The van der Waals surface area contributed by atoms with Crippen LogP contribution in [-0.2, 0) is 4.74 Å². The Morgan fingerprint density at radius 3 is 2.61 bits per heavy atom. The lowest BCUT2D eigenvalue weighted by atomic mass is 10.2. The molecule has 0 aliphatic rings. The number of carbonyl (C=O) groups excluding carboxylic acids is 1. The van der Waals surface area contributed by atoms with Gasteiger partial charge in [-0.2, -0.15) is 0 Å². The Kier molecular flexibility index (Phi) is 6.18. The SMILES string of the molecule is COCC(CCN)NC(=O)Nc1ccc(C)cc1. The van der Waals surface area contributed by atoms with E-state index >= 15 is 0 Å². The number of nitrogens with one attached hydrogen (secondary N) is 2. The van der Waals surface area contributed by atoms with Gasteiger partial charge in [0.15, 0.2) is 0 Å². The maximum atomic E-state index is 11.7. The van der Waals surface area contributed by atoms with Gasteiger partial charge in [0.1, 0.15) is 0 Å². The van der Waals surface area contributed by atoms with Crippen molar-refractivity contribution >= 4 is 11.7 Å². The largest absolute Gasteiger partial charge is 0.383 e. The van der Waals surface area contributed by atoms with E-state index in [4.69, 9.17) is 10.5 Å². The van der Waals surface area contributed by atoms with Crippen molar-refractivity contribution in [3.8, 4) is 0 Å². The smallest absolute Gasteiger partial charge is 0.319 e. The van der Waals surface area contributed by atoms with Crippen molar-refractivity contribution in [2.24, 2.45) is 5.73 Å². The third kappa shape index (κ3) is 5.16. The van der Waals surface area contributed by atoms with E-state index < -0.39 is 0 Å². The second-order valence-corrected chi connectivity index (χ2v) is 4.19. The molecule has 0 fully saturated rings. The molecular weight excluding hydrogens is 230 g/mol. The summed E-state index contributed by atoms with van der Waals surface area (Å²) in [6.07, 6.45) is 0.690. The number of nitrogens with two attached hydrogens (primary N) is 1. The van der Waals surface area contributed by atoms with E-state index in [9.17, 15) is 4.79 Å². The van der Waals surface area contributed by atoms with Gasteiger partial charge in [0.05, 0.1) is 12.6 Å². The normalized spacial score (nSPS) is 11.9. The number of hydrogen-bond acceptors (Lipinski definition) is 3. The molecule has 18 heavy (non-hydrogen) atoms. The highest BCUT2D eigenvalue weighted by atomic mass is 16.5. The maximum absolute atomic E-state index is 11.7. The number of methoxy groups -OCH3 is 1. The number of benzene rings is 1. The van der Waals surface area contributed by atoms with Gasteiger partial charge in [-0.25, -0.2) is 4.79 Å². The molecule has 1 atom stereocenters. The van der Waals surface area contributed by atoms with Gasteiger partial charge >= 0.3 is 6.03 Å². The second kappa shape index (κ2) is 7.68. The molecule has 0 heterocycles. The molecule has 0 aliphatic heterocycles. The Bertz CT molecular complexity index is 359. The summed E-state index contributed by atoms with van der Waals surface area (Å²) in [6, 6.07) is 7.32. The van der Waals surface area contributed by atoms with Crippen LogP contribution in [0.2, 0.25) is 0 Å². The fourth-order valence-electron chi connectivity index (χ4n) is 1.59. The van der Waals surface area contributed by atoms with E-state index in [1.807, 2.05) is 31.2 Å². The van der Waals surface area contributed by atoms with Crippen LogP contribution in [0.15, 0.2) is 24.3 Å². The lowest BCUT2D eigenvalue weighted by molar-refractivity contribution is 0.164. The molecule has 1 aromatic carbocycles. The Morgan fingerprint density at radius 2 is 2.06 bits per heavy atom. The van der Waals surface area contributed by atoms with Crippen molar-refractivity contribution in [1.29, 1.82) is 0 Å². The van der Waals surface area contributed by atoms with Gasteiger partial charge in [-0.15, -0.1) is 0 Å². The number of urea groups is 1. The van der Waals surface area contributed by atoms with Gasteiger partial charge in [-0.05, 0) is 32.0 Å². The minimum absolute atomic E-state index is 0.0644. The fraction of sp³-hybridized carbons (Fsp3) is 0.462. The summed E-state index contributed by atoms with van der Waals surface area (Å²) < 4.78 is 5.03. The molecule has 0 saturated heterocycles. The molecule has 2 amide bonds. The van der Waals surface area contributed by atoms with Crippen LogP contribution in [0.4, 0.5) is 10.5 Å². The zero-order valence-electron chi connectivity index (χ0n) is 10.9. The number of aryl methyl sites for hydroxylation is 1. The number of anilines is 1. The Morgan fingerprint density at radius 1 is 1.39 bits per heavy atom. The van der Waals surface area contributed by atoms with Crippen LogP contribution < -0.4 is 16.4 Å². The topological polar surface area (TPSA) is 76.4 Å². The van der Waals surface area contributed by atoms with E-state index in [1.165, 1.54) is 0 Å². The molecule has 0 saturated carbocycles. The standard InChI is InChI=1S/C13H21N3O2/c1-10-3-5-11(6-4-10)15-13(17)16-12(7-8-14)9-18-2/h3-6,12H,7-9,14H2,1-2H3,(H2,15,16,17). The molecule has 4 N–H and O–H groups in total. The van der Waals surface area contributed by atoms with Gasteiger partial charge in [0.2, 0.25) is 0 Å². The van der Waals surface area contributed by atoms with Gasteiger partial charge in [0.25, 0.3) is 0 Å². The number of carbonyl (C=O) groups is 1. The molecule has 5 heteroatoms. The van der Waals surface area contributed by atoms with Crippen molar-refractivity contribution in [3.05, 3.63) is 29.8 Å². The van der Waals surface area contributed by atoms with Crippen LogP contribution in [0.3, 0.4) is 0 Å². The van der Waals surface area contributed by atoms with Crippen LogP contribution in [0.1, 0.15) is 12.0 Å². The molecule has 0 aliphatic carbocycles. The highest BCUT2D eigenvalue weighted by Crippen LogP contribution is 2.08. The second-order valence-electron chi connectivity index (χ2n) is 4.19. The zero-order valence-corrected chi connectivity index (χ0v) is 10.9. The van der Waals surface area contributed by atoms with Gasteiger partial charge in [-0.1, -0.05) is 17.7 Å². The van der Waals surface area contributed by atoms with Crippen LogP contribution >= 0.6 is 0 Å². The lowest BCUT2D eigenvalue weighted by Crippen LogP contribution is -2.41. The predicted octanol–water partition coefficient (Wildman–Crippen LogP) is 1.48. The monoisotopic (exact) mass is 251 g/mol. The van der Waals surface area contributed by atoms with Crippen LogP contribution in [0, 0.1) is 6.92 Å². The minimum Gasteiger partial charge on any atom is -0.383 e. The Labute approximate surface area is 108 Å². The first-order chi connectivity index (χ1) is 8.65. The third-order valence-electron chi connectivity index (χ3n) is 2.53. The molecule has 0 radical (unpaired) electrons. The Balaban J connectivity index is 2.46. The van der Waals surface area contributed by atoms with Crippen LogP contribution in [-0.4, -0.2) is 32.3 Å². The average molecular weight is 251 g/mol. The quantitative estimate of drug-likeness (QED) is 0.716. The van der Waals surface area contributed by atoms with Crippen LogP contribution in [0.25, 0.3) is 0 Å². The molecule has 0 bridgehead atoms. The van der Waals surface area contributed by atoms with Gasteiger partial charge < -0.3 is 21.1 Å². The molecule has 1 unspecified atom stereocenters. The molecule has 0 spiro atoms. The maximum Gasteiger partial charge on any atom is 0.319 e. The molecular formula is C13H21N3O2. The van der Waals surface area contributed by atoms with Crippen molar-refractivity contribution in [2.45, 2.75) is 19.4 Å².